The third-order valence-corrected chi connectivity index (χ3v) is 4.95. The Balaban J connectivity index is 1.67. The maximum absolute atomic E-state index is 13.1. The zero-order valence-electron chi connectivity index (χ0n) is 15.0. The first kappa shape index (κ1) is 17.3. The monoisotopic (exact) mass is 365 g/mol. The summed E-state index contributed by atoms with van der Waals surface area (Å²) >= 11 is 0. The van der Waals surface area contributed by atoms with Gasteiger partial charge in [-0.1, -0.05) is 12.1 Å². The normalized spacial score (nSPS) is 16.2. The number of hydrogen-bond donors (Lipinski definition) is 0. The maximum atomic E-state index is 13.1. The summed E-state index contributed by atoms with van der Waals surface area (Å²) in [5.74, 6) is 0.426. The van der Waals surface area contributed by atoms with E-state index in [4.69, 9.17) is 4.98 Å². The summed E-state index contributed by atoms with van der Waals surface area (Å²) in [5.41, 5.74) is 2.15. The summed E-state index contributed by atoms with van der Waals surface area (Å²) in [6.07, 6.45) is 4.71. The third kappa shape index (κ3) is 3.58. The van der Waals surface area contributed by atoms with E-state index in [0.29, 0.717) is 30.4 Å². The van der Waals surface area contributed by atoms with Crippen molar-refractivity contribution in [2.24, 2.45) is 0 Å². The van der Waals surface area contributed by atoms with E-state index < -0.39 is 0 Å². The average Bonchev–Trinajstić information content (AvgIpc) is 2.69. The molecule has 1 unspecified atom stereocenters. The zero-order valence-corrected chi connectivity index (χ0v) is 15.0. The molecule has 1 atom stereocenters. The van der Waals surface area contributed by atoms with Crippen LogP contribution in [0.1, 0.15) is 18.9 Å². The van der Waals surface area contributed by atoms with E-state index in [2.05, 4.69) is 21.8 Å². The van der Waals surface area contributed by atoms with Gasteiger partial charge in [0.15, 0.2) is 0 Å². The van der Waals surface area contributed by atoms with Gasteiger partial charge in [0.2, 0.25) is 5.95 Å². The number of anilines is 1. The van der Waals surface area contributed by atoms with Crippen molar-refractivity contribution in [1.29, 1.82) is 0 Å². The fourth-order valence-corrected chi connectivity index (χ4v) is 3.39. The largest absolute Gasteiger partial charge is 0.339 e. The van der Waals surface area contributed by atoms with Crippen LogP contribution in [0.5, 0.6) is 0 Å². The van der Waals surface area contributed by atoms with Gasteiger partial charge in [0.05, 0.1) is 11.4 Å². The molecule has 0 aliphatic carbocycles. The molecule has 0 bridgehead atoms. The molecule has 27 heavy (non-hydrogen) atoms. The summed E-state index contributed by atoms with van der Waals surface area (Å²) in [7, 11) is 0. The molecule has 1 aliphatic heterocycles. The highest BCUT2D eigenvalue weighted by atomic mass is 19.1. The van der Waals surface area contributed by atoms with Gasteiger partial charge in [-0.15, -0.1) is 0 Å². The number of hydrogen-bond acceptors (Lipinski definition) is 5. The lowest BCUT2D eigenvalue weighted by Crippen LogP contribution is -2.45. The Morgan fingerprint density at radius 2 is 2.00 bits per heavy atom. The molecule has 138 valence electrons. The topological polar surface area (TPSA) is 63.9 Å². The molecule has 1 aromatic carbocycles. The van der Waals surface area contributed by atoms with Gasteiger partial charge in [-0.2, -0.15) is 0 Å². The molecule has 0 N–H and O–H groups in total. The summed E-state index contributed by atoms with van der Waals surface area (Å²) in [6, 6.07) is 10.1. The van der Waals surface area contributed by atoms with Gasteiger partial charge in [0.1, 0.15) is 12.1 Å². The lowest BCUT2D eigenvalue weighted by molar-refractivity contribution is 0.457. The molecule has 0 amide bonds. The molecule has 0 radical (unpaired) electrons. The molecule has 0 fully saturated rings. The van der Waals surface area contributed by atoms with Crippen molar-refractivity contribution in [3.8, 4) is 11.4 Å². The molecule has 3 aromatic rings. The van der Waals surface area contributed by atoms with Gasteiger partial charge < -0.3 is 4.90 Å². The Bertz CT molecular complexity index is 988. The van der Waals surface area contributed by atoms with E-state index in [1.54, 1.807) is 29.0 Å². The summed E-state index contributed by atoms with van der Waals surface area (Å²) in [6.45, 7) is 3.49. The van der Waals surface area contributed by atoms with Crippen LogP contribution in [0.25, 0.3) is 11.4 Å². The van der Waals surface area contributed by atoms with Crippen molar-refractivity contribution in [2.75, 3.05) is 11.4 Å². The van der Waals surface area contributed by atoms with Gasteiger partial charge in [-0.25, -0.2) is 19.3 Å². The van der Waals surface area contributed by atoms with Crippen LogP contribution in [0.4, 0.5) is 10.3 Å². The number of benzene rings is 1. The van der Waals surface area contributed by atoms with Crippen molar-refractivity contribution in [3.05, 3.63) is 70.7 Å². The third-order valence-electron chi connectivity index (χ3n) is 4.95. The van der Waals surface area contributed by atoms with Crippen molar-refractivity contribution >= 4 is 5.95 Å². The van der Waals surface area contributed by atoms with Crippen molar-refractivity contribution in [2.45, 2.75) is 32.4 Å². The highest BCUT2D eigenvalue weighted by Gasteiger charge is 2.26. The van der Waals surface area contributed by atoms with Gasteiger partial charge in [-0.3, -0.25) is 9.36 Å². The van der Waals surface area contributed by atoms with Crippen molar-refractivity contribution < 1.29 is 4.39 Å². The molecule has 4 rings (SSSR count). The first-order valence-electron chi connectivity index (χ1n) is 9.01. The van der Waals surface area contributed by atoms with Gasteiger partial charge in [0, 0.05) is 31.4 Å². The molecule has 0 spiro atoms. The highest BCUT2D eigenvalue weighted by Crippen LogP contribution is 2.24. The Morgan fingerprint density at radius 3 is 2.74 bits per heavy atom. The minimum absolute atomic E-state index is 0.0766. The van der Waals surface area contributed by atoms with Crippen LogP contribution in [-0.4, -0.2) is 32.1 Å². The highest BCUT2D eigenvalue weighted by molar-refractivity contribution is 5.55. The number of fused-ring (bicyclic) bond motifs is 1. The Morgan fingerprint density at radius 1 is 1.19 bits per heavy atom. The molecule has 3 heterocycles. The van der Waals surface area contributed by atoms with Crippen LogP contribution in [0.3, 0.4) is 0 Å². The van der Waals surface area contributed by atoms with E-state index in [0.717, 1.165) is 18.4 Å². The van der Waals surface area contributed by atoms with E-state index in [-0.39, 0.29) is 17.4 Å². The second-order valence-corrected chi connectivity index (χ2v) is 6.73. The van der Waals surface area contributed by atoms with Crippen LogP contribution in [0.15, 0.2) is 53.7 Å². The van der Waals surface area contributed by atoms with E-state index in [9.17, 15) is 9.18 Å². The molecule has 0 saturated carbocycles. The first-order valence-corrected chi connectivity index (χ1v) is 9.01. The summed E-state index contributed by atoms with van der Waals surface area (Å²) in [5, 5.41) is 0. The molecule has 6 nitrogen and oxygen atoms in total. The predicted molar refractivity (Wildman–Crippen MR) is 101 cm³/mol. The lowest BCUT2D eigenvalue weighted by atomic mass is 10.1. The molecular weight excluding hydrogens is 345 g/mol. The number of rotatable bonds is 4. The summed E-state index contributed by atoms with van der Waals surface area (Å²) < 4.78 is 14.8. The SMILES string of the molecule is CC1CCn2c(nc(-c3ccncn3)cc2=O)N1CCc1ccc(F)cc1. The lowest BCUT2D eigenvalue weighted by Gasteiger charge is -2.36. The minimum atomic E-state index is -0.238. The quantitative estimate of drug-likeness (QED) is 0.711. The van der Waals surface area contributed by atoms with Crippen molar-refractivity contribution in [1.82, 2.24) is 19.5 Å². The van der Waals surface area contributed by atoms with E-state index in [1.165, 1.54) is 24.5 Å². The number of halogens is 1. The van der Waals surface area contributed by atoms with E-state index >= 15 is 0 Å². The second kappa shape index (κ2) is 7.26. The van der Waals surface area contributed by atoms with Crippen LogP contribution >= 0.6 is 0 Å². The van der Waals surface area contributed by atoms with Gasteiger partial charge in [-0.05, 0) is 43.5 Å². The van der Waals surface area contributed by atoms with Gasteiger partial charge in [0.25, 0.3) is 5.56 Å². The second-order valence-electron chi connectivity index (χ2n) is 6.73. The van der Waals surface area contributed by atoms with Crippen molar-refractivity contribution in [3.63, 3.8) is 0 Å². The smallest absolute Gasteiger partial charge is 0.255 e. The Labute approximate surface area is 156 Å². The Kier molecular flexibility index (Phi) is 4.66. The zero-order chi connectivity index (χ0) is 18.8. The number of aromatic nitrogens is 4. The molecule has 7 heteroatoms. The fraction of sp³-hybridized carbons (Fsp3) is 0.300. The maximum Gasteiger partial charge on any atom is 0.255 e. The first-order chi connectivity index (χ1) is 13.1. The fourth-order valence-electron chi connectivity index (χ4n) is 3.39. The van der Waals surface area contributed by atoms with Crippen LogP contribution in [0, 0.1) is 5.82 Å². The Hall–Kier alpha value is -3.09. The van der Waals surface area contributed by atoms with Gasteiger partial charge >= 0.3 is 0 Å². The van der Waals surface area contributed by atoms with Crippen LogP contribution in [0.2, 0.25) is 0 Å². The molecule has 0 saturated heterocycles. The van der Waals surface area contributed by atoms with E-state index in [1.807, 2.05) is 0 Å². The summed E-state index contributed by atoms with van der Waals surface area (Å²) in [4.78, 5) is 27.7. The number of nitrogens with zero attached hydrogens (tertiary/aromatic N) is 5. The van der Waals surface area contributed by atoms with Crippen LogP contribution < -0.4 is 10.5 Å². The van der Waals surface area contributed by atoms with Crippen LogP contribution in [-0.2, 0) is 13.0 Å². The molecular formula is C20H20FN5O. The molecule has 1 aliphatic rings. The standard InChI is InChI=1S/C20H20FN5O/c1-14-7-10-26-19(27)12-18(17-6-9-22-13-23-17)24-20(26)25(14)11-8-15-2-4-16(21)5-3-15/h2-6,9,12-14H,7-8,10-11H2,1H3. The predicted octanol–water partition coefficient (Wildman–Crippen LogP) is 2.68. The molecule has 2 aromatic heterocycles. The average molecular weight is 365 g/mol. The minimum Gasteiger partial charge on any atom is -0.339 e.